The summed E-state index contributed by atoms with van der Waals surface area (Å²) in [6, 6.07) is 6.28. The Morgan fingerprint density at radius 3 is 2.30 bits per heavy atom. The Balaban J connectivity index is 2.65. The maximum atomic E-state index is 4.73. The number of benzene rings is 1. The maximum absolute atomic E-state index is 4.73. The molecule has 106 valence electrons. The molecule has 4 heteroatoms. The number of aryl methyl sites for hydroxylation is 3. The molecule has 2 aromatic rings. The maximum Gasteiger partial charge on any atom is 0.162 e. The third-order valence-corrected chi connectivity index (χ3v) is 4.14. The number of aromatic nitrogens is 2. The Bertz CT molecular complexity index is 603. The summed E-state index contributed by atoms with van der Waals surface area (Å²) in [5.41, 5.74) is 4.58. The minimum atomic E-state index is 0.802. The lowest BCUT2D eigenvalue weighted by Crippen LogP contribution is -2.06. The Labute approximate surface area is 129 Å². The fourth-order valence-electron chi connectivity index (χ4n) is 2.29. The van der Waals surface area contributed by atoms with E-state index >= 15 is 0 Å². The van der Waals surface area contributed by atoms with Crippen LogP contribution < -0.4 is 5.32 Å². The monoisotopic (exact) mass is 333 g/mol. The largest absolute Gasteiger partial charge is 0.369 e. The molecule has 1 heterocycles. The van der Waals surface area contributed by atoms with Crippen molar-refractivity contribution < 1.29 is 0 Å². The van der Waals surface area contributed by atoms with E-state index in [2.05, 4.69) is 67.1 Å². The fraction of sp³-hybridized carbons (Fsp3) is 0.375. The SMILES string of the molecule is CCNc1nc(-c2c(C)cccc2C)nc(CC)c1Br. The van der Waals surface area contributed by atoms with Gasteiger partial charge in [0, 0.05) is 12.1 Å². The van der Waals surface area contributed by atoms with Crippen molar-refractivity contribution in [3.05, 3.63) is 39.5 Å². The predicted molar refractivity (Wildman–Crippen MR) is 88.2 cm³/mol. The van der Waals surface area contributed by atoms with Gasteiger partial charge >= 0.3 is 0 Å². The van der Waals surface area contributed by atoms with Gasteiger partial charge < -0.3 is 5.32 Å². The third-order valence-electron chi connectivity index (χ3n) is 3.30. The molecule has 0 saturated carbocycles. The molecule has 1 aromatic carbocycles. The lowest BCUT2D eigenvalue weighted by molar-refractivity contribution is 0.981. The van der Waals surface area contributed by atoms with E-state index in [-0.39, 0.29) is 0 Å². The van der Waals surface area contributed by atoms with Crippen molar-refractivity contribution in [1.82, 2.24) is 9.97 Å². The molecule has 2 rings (SSSR count). The van der Waals surface area contributed by atoms with Crippen LogP contribution in [0.25, 0.3) is 11.4 Å². The third kappa shape index (κ3) is 2.85. The van der Waals surface area contributed by atoms with Crippen molar-refractivity contribution >= 4 is 21.7 Å². The molecule has 0 aliphatic rings. The van der Waals surface area contributed by atoms with Crippen LogP contribution in [0.3, 0.4) is 0 Å². The summed E-state index contributed by atoms with van der Waals surface area (Å²) >= 11 is 3.60. The molecule has 0 bridgehead atoms. The van der Waals surface area contributed by atoms with E-state index < -0.39 is 0 Å². The smallest absolute Gasteiger partial charge is 0.162 e. The molecule has 0 atom stereocenters. The van der Waals surface area contributed by atoms with Gasteiger partial charge in [0.2, 0.25) is 0 Å². The first-order valence-corrected chi connectivity index (χ1v) is 7.74. The summed E-state index contributed by atoms with van der Waals surface area (Å²) in [6.07, 6.45) is 0.874. The summed E-state index contributed by atoms with van der Waals surface area (Å²) in [5.74, 6) is 1.67. The van der Waals surface area contributed by atoms with Crippen LogP contribution in [0, 0.1) is 13.8 Å². The molecule has 0 aliphatic carbocycles. The highest BCUT2D eigenvalue weighted by Crippen LogP contribution is 2.30. The van der Waals surface area contributed by atoms with Gasteiger partial charge in [-0.15, -0.1) is 0 Å². The van der Waals surface area contributed by atoms with Crippen LogP contribution in [0.1, 0.15) is 30.7 Å². The van der Waals surface area contributed by atoms with Gasteiger partial charge in [0.1, 0.15) is 5.82 Å². The van der Waals surface area contributed by atoms with Gasteiger partial charge in [-0.25, -0.2) is 9.97 Å². The molecule has 0 aliphatic heterocycles. The van der Waals surface area contributed by atoms with Crippen LogP contribution >= 0.6 is 15.9 Å². The second kappa shape index (κ2) is 6.35. The van der Waals surface area contributed by atoms with Gasteiger partial charge in [-0.3, -0.25) is 0 Å². The molecular weight excluding hydrogens is 314 g/mol. The molecule has 0 fully saturated rings. The molecular formula is C16H20BrN3. The first-order valence-electron chi connectivity index (χ1n) is 6.95. The van der Waals surface area contributed by atoms with Gasteiger partial charge in [0.25, 0.3) is 0 Å². The lowest BCUT2D eigenvalue weighted by Gasteiger charge is -2.14. The first-order chi connectivity index (χ1) is 9.58. The molecule has 0 spiro atoms. The van der Waals surface area contributed by atoms with Crippen LogP contribution in [0.4, 0.5) is 5.82 Å². The average Bonchev–Trinajstić information content (AvgIpc) is 2.42. The Hall–Kier alpha value is -1.42. The van der Waals surface area contributed by atoms with Crippen molar-refractivity contribution in [1.29, 1.82) is 0 Å². The minimum Gasteiger partial charge on any atom is -0.369 e. The van der Waals surface area contributed by atoms with E-state index in [4.69, 9.17) is 9.97 Å². The van der Waals surface area contributed by atoms with Crippen molar-refractivity contribution in [3.63, 3.8) is 0 Å². The van der Waals surface area contributed by atoms with Crippen LogP contribution in [0.15, 0.2) is 22.7 Å². The predicted octanol–water partition coefficient (Wildman–Crippen LogP) is 4.52. The number of hydrogen-bond acceptors (Lipinski definition) is 3. The normalized spacial score (nSPS) is 10.7. The molecule has 1 N–H and O–H groups in total. The zero-order valence-electron chi connectivity index (χ0n) is 12.4. The van der Waals surface area contributed by atoms with E-state index in [0.717, 1.165) is 40.3 Å². The molecule has 1 aromatic heterocycles. The van der Waals surface area contributed by atoms with E-state index in [0.29, 0.717) is 0 Å². The van der Waals surface area contributed by atoms with Crippen LogP contribution in [-0.2, 0) is 6.42 Å². The molecule has 3 nitrogen and oxygen atoms in total. The zero-order chi connectivity index (χ0) is 14.7. The van der Waals surface area contributed by atoms with Crippen LogP contribution in [-0.4, -0.2) is 16.5 Å². The van der Waals surface area contributed by atoms with Crippen LogP contribution in [0.2, 0.25) is 0 Å². The highest BCUT2D eigenvalue weighted by Gasteiger charge is 2.14. The summed E-state index contributed by atoms with van der Waals surface area (Å²) in [4.78, 5) is 9.42. The van der Waals surface area contributed by atoms with E-state index in [9.17, 15) is 0 Å². The van der Waals surface area contributed by atoms with Gasteiger partial charge in [0.05, 0.1) is 10.2 Å². The fourth-order valence-corrected chi connectivity index (χ4v) is 2.89. The second-order valence-corrected chi connectivity index (χ2v) is 5.60. The summed E-state index contributed by atoms with van der Waals surface area (Å²) < 4.78 is 0.969. The van der Waals surface area contributed by atoms with Crippen molar-refractivity contribution in [2.75, 3.05) is 11.9 Å². The lowest BCUT2D eigenvalue weighted by atomic mass is 10.0. The van der Waals surface area contributed by atoms with Gasteiger partial charge in [0.15, 0.2) is 5.82 Å². The first kappa shape index (κ1) is 15.0. The van der Waals surface area contributed by atoms with Crippen molar-refractivity contribution in [2.45, 2.75) is 34.1 Å². The van der Waals surface area contributed by atoms with E-state index in [1.807, 2.05) is 0 Å². The molecule has 0 saturated heterocycles. The Morgan fingerprint density at radius 2 is 1.75 bits per heavy atom. The van der Waals surface area contributed by atoms with Gasteiger partial charge in [-0.2, -0.15) is 0 Å². The number of halogens is 1. The zero-order valence-corrected chi connectivity index (χ0v) is 14.0. The molecule has 0 radical (unpaired) electrons. The van der Waals surface area contributed by atoms with Crippen molar-refractivity contribution in [3.8, 4) is 11.4 Å². The number of nitrogens with one attached hydrogen (secondary N) is 1. The highest BCUT2D eigenvalue weighted by molar-refractivity contribution is 9.10. The summed E-state index contributed by atoms with van der Waals surface area (Å²) in [6.45, 7) is 9.22. The topological polar surface area (TPSA) is 37.8 Å². The summed E-state index contributed by atoms with van der Waals surface area (Å²) in [7, 11) is 0. The van der Waals surface area contributed by atoms with Crippen molar-refractivity contribution in [2.24, 2.45) is 0 Å². The van der Waals surface area contributed by atoms with Crippen LogP contribution in [0.5, 0.6) is 0 Å². The van der Waals surface area contributed by atoms with Gasteiger partial charge in [-0.1, -0.05) is 25.1 Å². The average molecular weight is 334 g/mol. The quantitative estimate of drug-likeness (QED) is 0.893. The molecule has 20 heavy (non-hydrogen) atoms. The number of rotatable bonds is 4. The second-order valence-electron chi connectivity index (χ2n) is 4.81. The molecule has 0 amide bonds. The number of hydrogen-bond donors (Lipinski definition) is 1. The van der Waals surface area contributed by atoms with E-state index in [1.54, 1.807) is 0 Å². The van der Waals surface area contributed by atoms with E-state index in [1.165, 1.54) is 11.1 Å². The molecule has 0 unspecified atom stereocenters. The Kier molecular flexibility index (Phi) is 4.76. The summed E-state index contributed by atoms with van der Waals surface area (Å²) in [5, 5.41) is 3.30. The standard InChI is InChI=1S/C16H20BrN3/c1-5-12-14(17)16(18-6-2)20-15(19-12)13-10(3)8-7-9-11(13)4/h7-9H,5-6H2,1-4H3,(H,18,19,20). The van der Waals surface area contributed by atoms with Gasteiger partial charge in [-0.05, 0) is 54.2 Å². The minimum absolute atomic E-state index is 0.802. The number of anilines is 1. The number of nitrogens with zero attached hydrogens (tertiary/aromatic N) is 2. The Morgan fingerprint density at radius 1 is 1.10 bits per heavy atom. The highest BCUT2D eigenvalue weighted by atomic mass is 79.9.